The van der Waals surface area contributed by atoms with Crippen molar-refractivity contribution in [2.75, 3.05) is 7.11 Å². The first kappa shape index (κ1) is 19.2. The van der Waals surface area contributed by atoms with Crippen molar-refractivity contribution < 1.29 is 23.9 Å². The molecule has 0 aliphatic rings. The summed E-state index contributed by atoms with van der Waals surface area (Å²) < 4.78 is 9.63. The molecule has 0 radical (unpaired) electrons. The molecule has 0 heterocycles. The van der Waals surface area contributed by atoms with Gasteiger partial charge in [0, 0.05) is 12.5 Å². The minimum atomic E-state index is -0.928. The van der Waals surface area contributed by atoms with Gasteiger partial charge in [-0.1, -0.05) is 60.7 Å². The van der Waals surface area contributed by atoms with Crippen molar-refractivity contribution in [2.45, 2.75) is 25.5 Å². The number of carbonyl (C=O) groups excluding carboxylic acids is 3. The summed E-state index contributed by atoms with van der Waals surface area (Å²) in [4.78, 5) is 35.3. The lowest BCUT2D eigenvalue weighted by atomic mass is 10.0. The highest BCUT2D eigenvalue weighted by Crippen LogP contribution is 2.08. The van der Waals surface area contributed by atoms with Crippen molar-refractivity contribution in [3.05, 3.63) is 71.8 Å². The van der Waals surface area contributed by atoms with Gasteiger partial charge in [-0.3, -0.25) is 4.79 Å². The fraction of sp³-hybridized carbons (Fsp3) is 0.250. The van der Waals surface area contributed by atoms with E-state index in [1.165, 1.54) is 0 Å². The summed E-state index contributed by atoms with van der Waals surface area (Å²) >= 11 is 0. The van der Waals surface area contributed by atoms with Crippen LogP contribution < -0.4 is 5.32 Å². The minimum absolute atomic E-state index is 0.121. The molecule has 1 amide bonds. The first-order valence-corrected chi connectivity index (χ1v) is 8.20. The summed E-state index contributed by atoms with van der Waals surface area (Å²) in [5.74, 6) is -1.63. The van der Waals surface area contributed by atoms with E-state index in [4.69, 9.17) is 4.74 Å². The summed E-state index contributed by atoms with van der Waals surface area (Å²) in [5, 5.41) is 2.66. The maximum Gasteiger partial charge on any atom is 0.407 e. The van der Waals surface area contributed by atoms with Crippen molar-refractivity contribution in [1.82, 2.24) is 5.32 Å². The molecule has 0 saturated heterocycles. The molecule has 1 atom stereocenters. The molecule has 0 saturated carbocycles. The van der Waals surface area contributed by atoms with Crippen LogP contribution in [-0.2, 0) is 32.1 Å². The van der Waals surface area contributed by atoms with Crippen LogP contribution in [0.15, 0.2) is 60.7 Å². The quantitative estimate of drug-likeness (QED) is 0.581. The molecule has 2 rings (SSSR count). The number of hydrogen-bond donors (Lipinski definition) is 1. The van der Waals surface area contributed by atoms with Gasteiger partial charge in [-0.2, -0.15) is 0 Å². The summed E-state index contributed by atoms with van der Waals surface area (Å²) in [7, 11) is 1.15. The van der Waals surface area contributed by atoms with Crippen LogP contribution in [0.1, 0.15) is 17.5 Å². The standard InChI is InChI=1S/C20H21NO5/c1-25-19(23)18(22)13-17(12-15-8-4-2-5-9-15)21-20(24)26-14-16-10-6-3-7-11-16/h2-11,17H,12-14H2,1H3,(H,21,24)/t17-/m0/s1. The maximum absolute atomic E-state index is 12.1. The molecule has 0 spiro atoms. The summed E-state index contributed by atoms with van der Waals surface area (Å²) in [6.45, 7) is 0.121. The fourth-order valence-electron chi connectivity index (χ4n) is 2.43. The number of esters is 1. The number of ketones is 1. The smallest absolute Gasteiger partial charge is 0.407 e. The van der Waals surface area contributed by atoms with E-state index in [-0.39, 0.29) is 13.0 Å². The molecule has 0 aromatic heterocycles. The van der Waals surface area contributed by atoms with E-state index in [2.05, 4.69) is 10.1 Å². The Labute approximate surface area is 152 Å². The van der Waals surface area contributed by atoms with Crippen LogP contribution in [0.5, 0.6) is 0 Å². The number of benzene rings is 2. The highest BCUT2D eigenvalue weighted by molar-refractivity contribution is 6.33. The molecule has 2 aromatic carbocycles. The molecule has 0 bridgehead atoms. The van der Waals surface area contributed by atoms with E-state index >= 15 is 0 Å². The van der Waals surface area contributed by atoms with Gasteiger partial charge in [0.05, 0.1) is 7.11 Å². The van der Waals surface area contributed by atoms with Crippen LogP contribution in [0.25, 0.3) is 0 Å². The zero-order chi connectivity index (χ0) is 18.8. The van der Waals surface area contributed by atoms with Gasteiger partial charge in [-0.15, -0.1) is 0 Å². The Balaban J connectivity index is 1.96. The van der Waals surface area contributed by atoms with Gasteiger partial charge in [0.15, 0.2) is 0 Å². The molecule has 2 aromatic rings. The fourth-order valence-corrected chi connectivity index (χ4v) is 2.43. The van der Waals surface area contributed by atoms with Crippen LogP contribution in [0.3, 0.4) is 0 Å². The normalized spacial score (nSPS) is 11.3. The Hall–Kier alpha value is -3.15. The van der Waals surface area contributed by atoms with Crippen LogP contribution in [0, 0.1) is 0 Å². The number of Topliss-reactive ketones (excluding diaryl/α,β-unsaturated/α-hetero) is 1. The van der Waals surface area contributed by atoms with Gasteiger partial charge < -0.3 is 14.8 Å². The minimum Gasteiger partial charge on any atom is -0.463 e. The number of rotatable bonds is 8. The topological polar surface area (TPSA) is 81.7 Å². The highest BCUT2D eigenvalue weighted by atomic mass is 16.5. The number of nitrogens with one attached hydrogen (secondary N) is 1. The first-order chi connectivity index (χ1) is 12.6. The van der Waals surface area contributed by atoms with Crippen molar-refractivity contribution >= 4 is 17.8 Å². The number of hydrogen-bond acceptors (Lipinski definition) is 5. The van der Waals surface area contributed by atoms with E-state index < -0.39 is 23.9 Å². The summed E-state index contributed by atoms with van der Waals surface area (Å²) in [5.41, 5.74) is 1.78. The SMILES string of the molecule is COC(=O)C(=O)C[C@H](Cc1ccccc1)NC(=O)OCc1ccccc1. The van der Waals surface area contributed by atoms with E-state index in [1.807, 2.05) is 60.7 Å². The molecule has 6 nitrogen and oxygen atoms in total. The summed E-state index contributed by atoms with van der Waals surface area (Å²) in [6, 6.07) is 18.0. The van der Waals surface area contributed by atoms with Crippen molar-refractivity contribution in [1.29, 1.82) is 0 Å². The molecule has 136 valence electrons. The first-order valence-electron chi connectivity index (χ1n) is 8.20. The monoisotopic (exact) mass is 355 g/mol. The molecule has 6 heteroatoms. The lowest BCUT2D eigenvalue weighted by Gasteiger charge is -2.18. The van der Waals surface area contributed by atoms with Gasteiger partial charge in [0.25, 0.3) is 0 Å². The lowest BCUT2D eigenvalue weighted by Crippen LogP contribution is -2.39. The molecule has 0 unspecified atom stereocenters. The van der Waals surface area contributed by atoms with Crippen LogP contribution >= 0.6 is 0 Å². The zero-order valence-electron chi connectivity index (χ0n) is 14.5. The largest absolute Gasteiger partial charge is 0.463 e. The Morgan fingerprint density at radius 2 is 1.50 bits per heavy atom. The molecular weight excluding hydrogens is 334 g/mol. The molecule has 0 aliphatic heterocycles. The van der Waals surface area contributed by atoms with Crippen LogP contribution in [0.4, 0.5) is 4.79 Å². The third-order valence-electron chi connectivity index (χ3n) is 3.70. The van der Waals surface area contributed by atoms with Gasteiger partial charge in [-0.25, -0.2) is 9.59 Å². The number of ether oxygens (including phenoxy) is 2. The van der Waals surface area contributed by atoms with Crippen molar-refractivity contribution in [3.63, 3.8) is 0 Å². The average Bonchev–Trinajstić information content (AvgIpc) is 2.67. The number of carbonyl (C=O) groups is 3. The molecule has 0 fully saturated rings. The van der Waals surface area contributed by atoms with Gasteiger partial charge in [-0.05, 0) is 17.5 Å². The number of methoxy groups -OCH3 is 1. The highest BCUT2D eigenvalue weighted by Gasteiger charge is 2.22. The van der Waals surface area contributed by atoms with E-state index in [1.54, 1.807) is 0 Å². The average molecular weight is 355 g/mol. The number of amides is 1. The van der Waals surface area contributed by atoms with E-state index in [0.29, 0.717) is 6.42 Å². The van der Waals surface area contributed by atoms with Gasteiger partial charge >= 0.3 is 12.1 Å². The van der Waals surface area contributed by atoms with Gasteiger partial charge in [0.2, 0.25) is 5.78 Å². The van der Waals surface area contributed by atoms with Crippen molar-refractivity contribution in [2.24, 2.45) is 0 Å². The Morgan fingerprint density at radius 3 is 2.08 bits per heavy atom. The Morgan fingerprint density at radius 1 is 0.923 bits per heavy atom. The summed E-state index contributed by atoms with van der Waals surface area (Å²) in [6.07, 6.45) is -0.418. The second-order valence-corrected chi connectivity index (χ2v) is 5.71. The maximum atomic E-state index is 12.1. The van der Waals surface area contributed by atoms with E-state index in [0.717, 1.165) is 18.2 Å². The predicted octanol–water partition coefficient (Wildman–Crippen LogP) is 2.66. The van der Waals surface area contributed by atoms with Gasteiger partial charge in [0.1, 0.15) is 6.61 Å². The van der Waals surface area contributed by atoms with Crippen LogP contribution in [-0.4, -0.2) is 31.0 Å². The third kappa shape index (κ3) is 6.39. The Bertz CT molecular complexity index is 730. The zero-order valence-corrected chi connectivity index (χ0v) is 14.5. The lowest BCUT2D eigenvalue weighted by molar-refractivity contribution is -0.151. The molecular formula is C20H21NO5. The second kappa shape index (κ2) is 9.98. The number of alkyl carbamates (subject to hydrolysis) is 1. The molecule has 0 aliphatic carbocycles. The third-order valence-corrected chi connectivity index (χ3v) is 3.70. The molecule has 1 N–H and O–H groups in total. The van der Waals surface area contributed by atoms with Crippen LogP contribution in [0.2, 0.25) is 0 Å². The predicted molar refractivity (Wildman–Crippen MR) is 95.3 cm³/mol. The molecule has 26 heavy (non-hydrogen) atoms. The van der Waals surface area contributed by atoms with Crippen molar-refractivity contribution in [3.8, 4) is 0 Å². The van der Waals surface area contributed by atoms with E-state index in [9.17, 15) is 14.4 Å². The Kier molecular flexibility index (Phi) is 7.36. The second-order valence-electron chi connectivity index (χ2n) is 5.71.